The molecule has 0 spiro atoms. The van der Waals surface area contributed by atoms with Crippen molar-refractivity contribution in [3.63, 3.8) is 0 Å². The van der Waals surface area contributed by atoms with Crippen LogP contribution in [-0.2, 0) is 10.3 Å². The van der Waals surface area contributed by atoms with E-state index >= 15 is 0 Å². The van der Waals surface area contributed by atoms with Crippen molar-refractivity contribution < 1.29 is 4.79 Å². The molecule has 0 aliphatic heterocycles. The minimum absolute atomic E-state index is 0.695. The van der Waals surface area contributed by atoms with Crippen LogP contribution in [0.4, 0.5) is 0 Å². The molecule has 1 atom stereocenters. The highest BCUT2D eigenvalue weighted by Crippen LogP contribution is 2.23. The van der Waals surface area contributed by atoms with E-state index in [4.69, 9.17) is 5.26 Å². The number of isocyanates is 1. The summed E-state index contributed by atoms with van der Waals surface area (Å²) in [5.74, 6) is 0. The molecule has 0 aromatic heterocycles. The summed E-state index contributed by atoms with van der Waals surface area (Å²) >= 11 is 0. The van der Waals surface area contributed by atoms with Gasteiger partial charge in [-0.05, 0) is 12.5 Å². The second-order valence-electron chi connectivity index (χ2n) is 2.75. The molecule has 0 aliphatic rings. The highest BCUT2D eigenvalue weighted by Gasteiger charge is 2.24. The minimum atomic E-state index is -1.11. The van der Waals surface area contributed by atoms with Crippen LogP contribution < -0.4 is 0 Å². The predicted molar refractivity (Wildman–Crippen MR) is 47.5 cm³/mol. The van der Waals surface area contributed by atoms with Crippen molar-refractivity contribution in [2.24, 2.45) is 4.99 Å². The lowest BCUT2D eigenvalue weighted by Crippen LogP contribution is -2.15. The van der Waals surface area contributed by atoms with E-state index in [9.17, 15) is 4.79 Å². The van der Waals surface area contributed by atoms with Crippen LogP contribution in [0.15, 0.2) is 35.3 Å². The SMILES string of the molecule is C[C@@](C#N)(N=C=O)c1ccccc1. The summed E-state index contributed by atoms with van der Waals surface area (Å²) in [6, 6.07) is 10.9. The van der Waals surface area contributed by atoms with Gasteiger partial charge in [0.2, 0.25) is 6.08 Å². The number of nitrogens with zero attached hydrogens (tertiary/aromatic N) is 2. The number of rotatable bonds is 2. The monoisotopic (exact) mass is 172 g/mol. The second-order valence-corrected chi connectivity index (χ2v) is 2.75. The Kier molecular flexibility index (Phi) is 2.59. The van der Waals surface area contributed by atoms with E-state index in [1.165, 1.54) is 6.08 Å². The summed E-state index contributed by atoms with van der Waals surface area (Å²) in [4.78, 5) is 13.6. The summed E-state index contributed by atoms with van der Waals surface area (Å²) in [5, 5.41) is 8.85. The molecule has 0 saturated heterocycles. The molecule has 0 amide bonds. The van der Waals surface area contributed by atoms with E-state index < -0.39 is 5.54 Å². The Morgan fingerprint density at radius 3 is 2.46 bits per heavy atom. The van der Waals surface area contributed by atoms with Crippen LogP contribution in [-0.4, -0.2) is 6.08 Å². The molecule has 0 fully saturated rings. The fraction of sp³-hybridized carbons (Fsp3) is 0.200. The molecule has 1 aromatic rings. The van der Waals surface area contributed by atoms with Crippen molar-refractivity contribution in [3.05, 3.63) is 35.9 Å². The van der Waals surface area contributed by atoms with Crippen molar-refractivity contribution in [1.82, 2.24) is 0 Å². The summed E-state index contributed by atoms with van der Waals surface area (Å²) in [6.45, 7) is 1.58. The maximum absolute atomic E-state index is 10.1. The largest absolute Gasteiger partial charge is 0.236 e. The van der Waals surface area contributed by atoms with Gasteiger partial charge in [0.05, 0.1) is 6.07 Å². The normalized spacial score (nSPS) is 13.5. The van der Waals surface area contributed by atoms with Gasteiger partial charge in [-0.25, -0.2) is 4.79 Å². The first kappa shape index (κ1) is 9.18. The van der Waals surface area contributed by atoms with Gasteiger partial charge in [-0.15, -0.1) is 0 Å². The molecule has 0 radical (unpaired) electrons. The fourth-order valence-corrected chi connectivity index (χ4v) is 1.01. The van der Waals surface area contributed by atoms with Crippen LogP contribution in [0, 0.1) is 11.3 Å². The second kappa shape index (κ2) is 3.66. The highest BCUT2D eigenvalue weighted by atomic mass is 16.1. The molecular weight excluding hydrogens is 164 g/mol. The van der Waals surface area contributed by atoms with Gasteiger partial charge in [-0.3, -0.25) is 0 Å². The maximum Gasteiger partial charge on any atom is 0.236 e. The Hall–Kier alpha value is -1.91. The zero-order valence-corrected chi connectivity index (χ0v) is 7.19. The average molecular weight is 172 g/mol. The maximum atomic E-state index is 10.1. The van der Waals surface area contributed by atoms with Crippen molar-refractivity contribution in [2.45, 2.75) is 12.5 Å². The van der Waals surface area contributed by atoms with Gasteiger partial charge in [0.25, 0.3) is 0 Å². The van der Waals surface area contributed by atoms with Crippen molar-refractivity contribution >= 4 is 6.08 Å². The lowest BCUT2D eigenvalue weighted by Gasteiger charge is -2.13. The van der Waals surface area contributed by atoms with E-state index in [2.05, 4.69) is 4.99 Å². The summed E-state index contributed by atoms with van der Waals surface area (Å²) < 4.78 is 0. The van der Waals surface area contributed by atoms with Crippen LogP contribution >= 0.6 is 0 Å². The fourth-order valence-electron chi connectivity index (χ4n) is 1.01. The van der Waals surface area contributed by atoms with Crippen LogP contribution in [0.2, 0.25) is 0 Å². The summed E-state index contributed by atoms with van der Waals surface area (Å²) in [5.41, 5.74) is -0.413. The molecule has 0 N–H and O–H groups in total. The molecule has 0 aliphatic carbocycles. The van der Waals surface area contributed by atoms with Gasteiger partial charge in [0.1, 0.15) is 0 Å². The number of aliphatic imine (C=N–C) groups is 1. The van der Waals surface area contributed by atoms with Crippen molar-refractivity contribution in [1.29, 1.82) is 5.26 Å². The zero-order valence-electron chi connectivity index (χ0n) is 7.19. The van der Waals surface area contributed by atoms with E-state index in [1.54, 1.807) is 31.2 Å². The summed E-state index contributed by atoms with van der Waals surface area (Å²) in [7, 11) is 0. The molecule has 3 nitrogen and oxygen atoms in total. The van der Waals surface area contributed by atoms with Crippen LogP contribution in [0.1, 0.15) is 12.5 Å². The standard InChI is InChI=1S/C10H8N2O/c1-10(7-11,12-8-13)9-5-3-2-4-6-9/h2-6H,1H3/t10-/m0/s1. The number of hydrogen-bond donors (Lipinski definition) is 0. The van der Waals surface area contributed by atoms with Gasteiger partial charge >= 0.3 is 0 Å². The van der Waals surface area contributed by atoms with Gasteiger partial charge in [0, 0.05) is 0 Å². The first-order chi connectivity index (χ1) is 6.23. The Bertz CT molecular complexity index is 374. The van der Waals surface area contributed by atoms with Gasteiger partial charge in [-0.2, -0.15) is 10.3 Å². The van der Waals surface area contributed by atoms with Gasteiger partial charge in [0.15, 0.2) is 5.54 Å². The molecule has 0 bridgehead atoms. The van der Waals surface area contributed by atoms with Crippen molar-refractivity contribution in [2.75, 3.05) is 0 Å². The topological polar surface area (TPSA) is 53.2 Å². The quantitative estimate of drug-likeness (QED) is 0.504. The predicted octanol–water partition coefficient (Wildman–Crippen LogP) is 1.76. The molecule has 0 unspecified atom stereocenters. The highest BCUT2D eigenvalue weighted by molar-refractivity contribution is 5.41. The molecular formula is C10H8N2O. The molecule has 1 aromatic carbocycles. The third-order valence-corrected chi connectivity index (χ3v) is 1.82. The lowest BCUT2D eigenvalue weighted by atomic mass is 9.95. The Morgan fingerprint density at radius 2 is 2.00 bits per heavy atom. The van der Waals surface area contributed by atoms with E-state index in [0.717, 1.165) is 0 Å². The number of hydrogen-bond acceptors (Lipinski definition) is 3. The molecule has 0 saturated carbocycles. The lowest BCUT2D eigenvalue weighted by molar-refractivity contribution is 0.549. The molecule has 64 valence electrons. The van der Waals surface area contributed by atoms with Crippen LogP contribution in [0.25, 0.3) is 0 Å². The van der Waals surface area contributed by atoms with Gasteiger partial charge in [-0.1, -0.05) is 30.3 Å². The Balaban J connectivity index is 3.20. The van der Waals surface area contributed by atoms with Crippen LogP contribution in [0.3, 0.4) is 0 Å². The first-order valence-corrected chi connectivity index (χ1v) is 3.79. The van der Waals surface area contributed by atoms with Gasteiger partial charge < -0.3 is 0 Å². The molecule has 0 heterocycles. The average Bonchev–Trinajstić information content (AvgIpc) is 2.19. The Labute approximate surface area is 76.3 Å². The minimum Gasteiger partial charge on any atom is -0.211 e. The smallest absolute Gasteiger partial charge is 0.211 e. The molecule has 1 rings (SSSR count). The third kappa shape index (κ3) is 1.81. The van der Waals surface area contributed by atoms with E-state index in [1.807, 2.05) is 12.1 Å². The Morgan fingerprint density at radius 1 is 1.38 bits per heavy atom. The van der Waals surface area contributed by atoms with Crippen molar-refractivity contribution in [3.8, 4) is 6.07 Å². The number of carbonyl (C=O) groups excluding carboxylic acids is 1. The summed E-state index contributed by atoms with van der Waals surface area (Å²) in [6.07, 6.45) is 1.41. The number of nitriles is 1. The van der Waals surface area contributed by atoms with Crippen LogP contribution in [0.5, 0.6) is 0 Å². The molecule has 13 heavy (non-hydrogen) atoms. The third-order valence-electron chi connectivity index (χ3n) is 1.82. The van der Waals surface area contributed by atoms with E-state index in [0.29, 0.717) is 5.56 Å². The number of benzene rings is 1. The first-order valence-electron chi connectivity index (χ1n) is 3.79. The molecule has 3 heteroatoms. The van der Waals surface area contributed by atoms with E-state index in [-0.39, 0.29) is 0 Å². The zero-order chi connectivity index (χ0) is 9.73.